The van der Waals surface area contributed by atoms with Crippen molar-refractivity contribution in [1.82, 2.24) is 19.9 Å². The quantitative estimate of drug-likeness (QED) is 0.205. The number of nitrogens with one attached hydrogen (secondary N) is 3. The molecule has 0 aliphatic carbocycles. The van der Waals surface area contributed by atoms with Crippen molar-refractivity contribution < 1.29 is 0 Å². The minimum Gasteiger partial charge on any atom is -0.382 e. The molecule has 0 saturated heterocycles. The van der Waals surface area contributed by atoms with E-state index in [4.69, 9.17) is 11.1 Å². The number of rotatable bonds is 6. The van der Waals surface area contributed by atoms with E-state index in [2.05, 4.69) is 54.5 Å². The number of aromatic nitrogens is 4. The predicted molar refractivity (Wildman–Crippen MR) is 141 cm³/mol. The minimum absolute atomic E-state index is 0.356. The monoisotopic (exact) mass is 476 g/mol. The van der Waals surface area contributed by atoms with Crippen LogP contribution in [-0.4, -0.2) is 26.2 Å². The summed E-state index contributed by atoms with van der Waals surface area (Å²) in [5.74, 6) is 7.13. The average molecular weight is 477 g/mol. The van der Waals surface area contributed by atoms with E-state index < -0.39 is 0 Å². The highest BCUT2D eigenvalue weighted by Gasteiger charge is 2.10. The number of benzene rings is 2. The first-order chi connectivity index (χ1) is 17.2. The van der Waals surface area contributed by atoms with Crippen molar-refractivity contribution in [3.63, 3.8) is 0 Å². The van der Waals surface area contributed by atoms with Gasteiger partial charge < -0.3 is 21.8 Å². The zero-order valence-corrected chi connectivity index (χ0v) is 19.3. The standard InChI is InChI=1S/C26H20N8S/c27-12-18-10-19(7-9-23(18)30-13-17-4-2-1-3-5-17)34-25-22-11-21(35-26(22)33-16-32-25)8-6-20-14-31-24(28)15-29-20/h1-5,7,9-12,14-16,27,30H,13H2,(H2,28,31)(H,32,33,34). The molecular weight excluding hydrogens is 456 g/mol. The van der Waals surface area contributed by atoms with E-state index in [0.717, 1.165) is 32.0 Å². The fraction of sp³-hybridized carbons (Fsp3) is 0.0385. The largest absolute Gasteiger partial charge is 0.382 e. The zero-order chi connectivity index (χ0) is 24.0. The van der Waals surface area contributed by atoms with Crippen LogP contribution >= 0.6 is 11.3 Å². The van der Waals surface area contributed by atoms with Crippen LogP contribution in [0.3, 0.4) is 0 Å². The van der Waals surface area contributed by atoms with Crippen LogP contribution in [-0.2, 0) is 6.54 Å². The maximum Gasteiger partial charge on any atom is 0.142 e. The summed E-state index contributed by atoms with van der Waals surface area (Å²) in [5.41, 5.74) is 9.78. The second kappa shape index (κ2) is 9.99. The molecule has 0 fully saturated rings. The Kier molecular flexibility index (Phi) is 6.28. The van der Waals surface area contributed by atoms with E-state index in [-0.39, 0.29) is 0 Å². The van der Waals surface area contributed by atoms with Crippen LogP contribution < -0.4 is 16.4 Å². The highest BCUT2D eigenvalue weighted by molar-refractivity contribution is 7.19. The number of anilines is 4. The molecule has 9 heteroatoms. The summed E-state index contributed by atoms with van der Waals surface area (Å²) in [4.78, 5) is 18.6. The van der Waals surface area contributed by atoms with Crippen LogP contribution in [0, 0.1) is 17.3 Å². The van der Waals surface area contributed by atoms with E-state index in [1.54, 1.807) is 6.20 Å². The maximum atomic E-state index is 7.86. The van der Waals surface area contributed by atoms with Crippen molar-refractivity contribution in [2.75, 3.05) is 16.4 Å². The van der Waals surface area contributed by atoms with Gasteiger partial charge in [0.1, 0.15) is 28.5 Å². The van der Waals surface area contributed by atoms with Gasteiger partial charge in [0.05, 0.1) is 22.7 Å². The van der Waals surface area contributed by atoms with Crippen LogP contribution in [0.1, 0.15) is 21.7 Å². The molecule has 0 bridgehead atoms. The van der Waals surface area contributed by atoms with Gasteiger partial charge in [0.2, 0.25) is 0 Å². The molecule has 0 amide bonds. The summed E-state index contributed by atoms with van der Waals surface area (Å²) >= 11 is 1.48. The van der Waals surface area contributed by atoms with Gasteiger partial charge in [0.25, 0.3) is 0 Å². The Bertz CT molecular complexity index is 1550. The molecule has 0 aliphatic rings. The number of fused-ring (bicyclic) bond motifs is 1. The molecule has 3 heterocycles. The number of thiophene rings is 1. The molecule has 5 rings (SSSR count). The normalized spacial score (nSPS) is 10.4. The Morgan fingerprint density at radius 2 is 1.86 bits per heavy atom. The second-order valence-electron chi connectivity index (χ2n) is 7.54. The summed E-state index contributed by atoms with van der Waals surface area (Å²) in [6.45, 7) is 0.682. The smallest absolute Gasteiger partial charge is 0.142 e. The van der Waals surface area contributed by atoms with Gasteiger partial charge in [-0.25, -0.2) is 19.9 Å². The lowest BCUT2D eigenvalue weighted by molar-refractivity contribution is 1.15. The maximum absolute atomic E-state index is 7.86. The lowest BCUT2D eigenvalue weighted by Gasteiger charge is -2.12. The molecule has 0 unspecified atom stereocenters. The third-order valence-corrected chi connectivity index (χ3v) is 6.07. The minimum atomic E-state index is 0.356. The highest BCUT2D eigenvalue weighted by atomic mass is 32.1. The Balaban J connectivity index is 1.36. The van der Waals surface area contributed by atoms with Crippen LogP contribution in [0.5, 0.6) is 0 Å². The molecule has 5 aromatic rings. The fourth-order valence-corrected chi connectivity index (χ4v) is 4.25. The molecule has 3 aromatic heterocycles. The molecule has 8 nitrogen and oxygen atoms in total. The fourth-order valence-electron chi connectivity index (χ4n) is 3.40. The summed E-state index contributed by atoms with van der Waals surface area (Å²) in [6, 6.07) is 17.9. The first-order valence-electron chi connectivity index (χ1n) is 10.7. The van der Waals surface area contributed by atoms with Gasteiger partial charge in [0.15, 0.2) is 0 Å². The number of nitrogens with zero attached hydrogens (tertiary/aromatic N) is 4. The molecule has 0 aliphatic heterocycles. The van der Waals surface area contributed by atoms with Crippen LogP contribution in [0.2, 0.25) is 0 Å². The predicted octanol–water partition coefficient (Wildman–Crippen LogP) is 4.82. The average Bonchev–Trinajstić information content (AvgIpc) is 3.32. The number of nitrogens with two attached hydrogens (primary N) is 1. The van der Waals surface area contributed by atoms with E-state index in [1.165, 1.54) is 35.6 Å². The molecule has 5 N–H and O–H groups in total. The van der Waals surface area contributed by atoms with Gasteiger partial charge in [-0.2, -0.15) is 0 Å². The van der Waals surface area contributed by atoms with Gasteiger partial charge >= 0.3 is 0 Å². The topological polar surface area (TPSA) is 125 Å². The summed E-state index contributed by atoms with van der Waals surface area (Å²) in [5, 5.41) is 15.5. The highest BCUT2D eigenvalue weighted by Crippen LogP contribution is 2.30. The lowest BCUT2D eigenvalue weighted by atomic mass is 10.1. The van der Waals surface area contributed by atoms with E-state index in [9.17, 15) is 0 Å². The SMILES string of the molecule is N=Cc1cc(Nc2ncnc3sc(C#Cc4cnc(N)cn4)cc23)ccc1NCc1ccccc1. The third kappa shape index (κ3) is 5.24. The third-order valence-electron chi connectivity index (χ3n) is 5.11. The molecule has 0 atom stereocenters. The molecule has 2 aromatic carbocycles. The van der Waals surface area contributed by atoms with E-state index in [1.807, 2.05) is 42.5 Å². The summed E-state index contributed by atoms with van der Waals surface area (Å²) in [7, 11) is 0. The molecule has 35 heavy (non-hydrogen) atoms. The molecule has 0 radical (unpaired) electrons. The summed E-state index contributed by atoms with van der Waals surface area (Å²) < 4.78 is 0. The molecule has 170 valence electrons. The van der Waals surface area contributed by atoms with E-state index in [0.29, 0.717) is 23.9 Å². The van der Waals surface area contributed by atoms with Gasteiger partial charge in [0, 0.05) is 29.7 Å². The van der Waals surface area contributed by atoms with Crippen LogP contribution in [0.25, 0.3) is 10.2 Å². The van der Waals surface area contributed by atoms with Crippen molar-refractivity contribution in [2.45, 2.75) is 6.54 Å². The zero-order valence-electron chi connectivity index (χ0n) is 18.5. The van der Waals surface area contributed by atoms with Gasteiger partial charge in [-0.05, 0) is 41.7 Å². The first kappa shape index (κ1) is 22.0. The van der Waals surface area contributed by atoms with E-state index >= 15 is 0 Å². The molecule has 0 saturated carbocycles. The first-order valence-corrected chi connectivity index (χ1v) is 11.5. The van der Waals surface area contributed by atoms with Gasteiger partial charge in [-0.3, -0.25) is 0 Å². The number of hydrogen-bond acceptors (Lipinski definition) is 9. The van der Waals surface area contributed by atoms with Crippen molar-refractivity contribution in [2.24, 2.45) is 0 Å². The molecular formula is C26H20N8S. The van der Waals surface area contributed by atoms with Crippen molar-refractivity contribution >= 4 is 50.8 Å². The van der Waals surface area contributed by atoms with Gasteiger partial charge in [-0.1, -0.05) is 30.3 Å². The summed E-state index contributed by atoms with van der Waals surface area (Å²) in [6.07, 6.45) is 5.89. The Morgan fingerprint density at radius 3 is 2.66 bits per heavy atom. The van der Waals surface area contributed by atoms with Crippen LogP contribution in [0.15, 0.2) is 73.3 Å². The second-order valence-corrected chi connectivity index (χ2v) is 8.57. The van der Waals surface area contributed by atoms with Crippen molar-refractivity contribution in [1.29, 1.82) is 5.41 Å². The van der Waals surface area contributed by atoms with Gasteiger partial charge in [-0.15, -0.1) is 11.3 Å². The Morgan fingerprint density at radius 1 is 0.971 bits per heavy atom. The van der Waals surface area contributed by atoms with Crippen molar-refractivity contribution in [3.8, 4) is 11.8 Å². The number of nitrogen functional groups attached to an aromatic ring is 1. The Hall–Kier alpha value is -4.81. The van der Waals surface area contributed by atoms with Crippen LogP contribution in [0.4, 0.5) is 23.0 Å². The molecule has 0 spiro atoms. The van der Waals surface area contributed by atoms with Crippen molar-refractivity contribution in [3.05, 3.63) is 95.0 Å². The lowest BCUT2D eigenvalue weighted by Crippen LogP contribution is -2.03. The number of hydrogen-bond donors (Lipinski definition) is 4. The Labute approximate surface area is 205 Å².